The molecule has 3 aromatic rings. The Morgan fingerprint density at radius 1 is 1.04 bits per heavy atom. The molecule has 1 aromatic carbocycles. The number of pyridine rings is 2. The van der Waals surface area contributed by atoms with Crippen molar-refractivity contribution in [1.29, 1.82) is 0 Å². The van der Waals surface area contributed by atoms with Crippen molar-refractivity contribution in [3.05, 3.63) is 76.2 Å². The van der Waals surface area contributed by atoms with Crippen LogP contribution in [0.25, 0.3) is 11.1 Å². The van der Waals surface area contributed by atoms with Gasteiger partial charge in [0, 0.05) is 23.6 Å². The van der Waals surface area contributed by atoms with Crippen LogP contribution in [-0.2, 0) is 0 Å². The van der Waals surface area contributed by atoms with Crippen LogP contribution in [0.5, 0.6) is 0 Å². The maximum absolute atomic E-state index is 12.4. The van der Waals surface area contributed by atoms with Crippen molar-refractivity contribution in [3.8, 4) is 11.1 Å². The van der Waals surface area contributed by atoms with Gasteiger partial charge in [-0.15, -0.1) is 0 Å². The van der Waals surface area contributed by atoms with Gasteiger partial charge < -0.3 is 5.32 Å². The van der Waals surface area contributed by atoms with Gasteiger partial charge in [-0.25, -0.2) is 9.97 Å². The molecule has 2 aromatic heterocycles. The summed E-state index contributed by atoms with van der Waals surface area (Å²) in [6.07, 6.45) is 3.25. The van der Waals surface area contributed by atoms with Gasteiger partial charge in [0.1, 0.15) is 9.76 Å². The molecule has 6 heteroatoms. The van der Waals surface area contributed by atoms with E-state index in [1.165, 1.54) is 0 Å². The Kier molecular flexibility index (Phi) is 4.69. The molecule has 0 aliphatic carbocycles. The van der Waals surface area contributed by atoms with Crippen LogP contribution in [-0.4, -0.2) is 15.9 Å². The number of halogens is 2. The number of nitrogens with one attached hydrogen (secondary N) is 1. The predicted molar refractivity (Wildman–Crippen MR) is 94.6 cm³/mol. The molecule has 0 spiro atoms. The second-order valence-corrected chi connectivity index (χ2v) is 5.88. The lowest BCUT2D eigenvalue weighted by Crippen LogP contribution is -2.13. The maximum Gasteiger partial charge on any atom is 0.258 e. The number of aromatic nitrogens is 2. The van der Waals surface area contributed by atoms with Crippen LogP contribution in [0.4, 0.5) is 5.69 Å². The summed E-state index contributed by atoms with van der Waals surface area (Å²) in [7, 11) is 0. The Balaban J connectivity index is 1.96. The van der Waals surface area contributed by atoms with Gasteiger partial charge in [0.15, 0.2) is 0 Å². The standard InChI is InChI=1S/C17H11BrClN3O/c18-15-10-11(7-9-20-15)12-4-1-2-6-14(12)22-17(23)13-5-3-8-21-16(13)19/h1-10H,(H,22,23). The Bertz CT molecular complexity index is 870. The predicted octanol–water partition coefficient (Wildman–Crippen LogP) is 4.81. The maximum atomic E-state index is 12.4. The van der Waals surface area contributed by atoms with Crippen molar-refractivity contribution in [2.24, 2.45) is 0 Å². The highest BCUT2D eigenvalue weighted by atomic mass is 79.9. The van der Waals surface area contributed by atoms with E-state index in [9.17, 15) is 4.79 Å². The number of carbonyl (C=O) groups excluding carboxylic acids is 1. The molecule has 0 aliphatic rings. The lowest BCUT2D eigenvalue weighted by atomic mass is 10.0. The van der Waals surface area contributed by atoms with E-state index >= 15 is 0 Å². The topological polar surface area (TPSA) is 54.9 Å². The molecule has 0 bridgehead atoms. The Hall–Kier alpha value is -2.24. The Labute approximate surface area is 146 Å². The van der Waals surface area contributed by atoms with Crippen LogP contribution in [0, 0.1) is 0 Å². The summed E-state index contributed by atoms with van der Waals surface area (Å²) in [6.45, 7) is 0. The van der Waals surface area contributed by atoms with Crippen molar-refractivity contribution >= 4 is 39.1 Å². The zero-order chi connectivity index (χ0) is 16.2. The molecule has 0 aliphatic heterocycles. The SMILES string of the molecule is O=C(Nc1ccccc1-c1ccnc(Br)c1)c1cccnc1Cl. The fraction of sp³-hybridized carbons (Fsp3) is 0. The quantitative estimate of drug-likeness (QED) is 0.655. The van der Waals surface area contributed by atoms with E-state index in [0.29, 0.717) is 11.3 Å². The fourth-order valence-corrected chi connectivity index (χ4v) is 2.73. The number of carbonyl (C=O) groups is 1. The van der Waals surface area contributed by atoms with Crippen LogP contribution in [0.1, 0.15) is 10.4 Å². The minimum Gasteiger partial charge on any atom is -0.321 e. The van der Waals surface area contributed by atoms with Crippen molar-refractivity contribution in [2.45, 2.75) is 0 Å². The first-order chi connectivity index (χ1) is 11.1. The summed E-state index contributed by atoms with van der Waals surface area (Å²) < 4.78 is 0.728. The summed E-state index contributed by atoms with van der Waals surface area (Å²) in [6, 6.07) is 14.6. The largest absolute Gasteiger partial charge is 0.321 e. The molecule has 4 nitrogen and oxygen atoms in total. The van der Waals surface area contributed by atoms with Gasteiger partial charge in [-0.3, -0.25) is 4.79 Å². The minimum absolute atomic E-state index is 0.175. The van der Waals surface area contributed by atoms with Crippen LogP contribution < -0.4 is 5.32 Å². The molecule has 114 valence electrons. The number of anilines is 1. The monoisotopic (exact) mass is 387 g/mol. The lowest BCUT2D eigenvalue weighted by Gasteiger charge is -2.12. The van der Waals surface area contributed by atoms with Gasteiger partial charge in [0.25, 0.3) is 5.91 Å². The van der Waals surface area contributed by atoms with Gasteiger partial charge in [0.05, 0.1) is 5.56 Å². The van der Waals surface area contributed by atoms with E-state index in [4.69, 9.17) is 11.6 Å². The van der Waals surface area contributed by atoms with E-state index < -0.39 is 0 Å². The summed E-state index contributed by atoms with van der Waals surface area (Å²) in [5.41, 5.74) is 2.86. The number of hydrogen-bond acceptors (Lipinski definition) is 3. The van der Waals surface area contributed by atoms with E-state index in [1.807, 2.05) is 36.4 Å². The molecule has 1 amide bonds. The van der Waals surface area contributed by atoms with Gasteiger partial charge in [-0.1, -0.05) is 29.8 Å². The van der Waals surface area contributed by atoms with Crippen LogP contribution in [0.15, 0.2) is 65.5 Å². The van der Waals surface area contributed by atoms with E-state index in [1.54, 1.807) is 24.5 Å². The van der Waals surface area contributed by atoms with Gasteiger partial charge in [0.2, 0.25) is 0 Å². The number of benzene rings is 1. The molecular formula is C17H11BrClN3O. The summed E-state index contributed by atoms with van der Waals surface area (Å²) in [4.78, 5) is 20.5. The fourth-order valence-electron chi connectivity index (χ4n) is 2.16. The van der Waals surface area contributed by atoms with Gasteiger partial charge in [-0.05, 0) is 51.8 Å². The molecule has 0 saturated carbocycles. The third-order valence-electron chi connectivity index (χ3n) is 3.22. The number of amides is 1. The lowest BCUT2D eigenvalue weighted by molar-refractivity contribution is 0.102. The molecule has 3 rings (SSSR count). The van der Waals surface area contributed by atoms with E-state index in [0.717, 1.165) is 15.7 Å². The normalized spacial score (nSPS) is 10.3. The van der Waals surface area contributed by atoms with Crippen LogP contribution in [0.3, 0.4) is 0 Å². The summed E-state index contributed by atoms with van der Waals surface area (Å²) >= 11 is 9.33. The van der Waals surface area contributed by atoms with Crippen molar-refractivity contribution in [3.63, 3.8) is 0 Å². The zero-order valence-corrected chi connectivity index (χ0v) is 14.2. The minimum atomic E-state index is -0.302. The van der Waals surface area contributed by atoms with Crippen LogP contribution >= 0.6 is 27.5 Å². The highest BCUT2D eigenvalue weighted by molar-refractivity contribution is 9.10. The second kappa shape index (κ2) is 6.89. The smallest absolute Gasteiger partial charge is 0.258 e. The number of para-hydroxylation sites is 1. The van der Waals surface area contributed by atoms with Crippen molar-refractivity contribution < 1.29 is 4.79 Å². The highest BCUT2D eigenvalue weighted by Gasteiger charge is 2.13. The average Bonchev–Trinajstić information content (AvgIpc) is 2.55. The molecule has 2 heterocycles. The first kappa shape index (κ1) is 15.6. The molecule has 1 N–H and O–H groups in total. The number of nitrogens with zero attached hydrogens (tertiary/aromatic N) is 2. The average molecular weight is 389 g/mol. The molecule has 0 atom stereocenters. The molecule has 0 fully saturated rings. The summed E-state index contributed by atoms with van der Waals surface area (Å²) in [5.74, 6) is -0.302. The Morgan fingerprint density at radius 3 is 2.65 bits per heavy atom. The highest BCUT2D eigenvalue weighted by Crippen LogP contribution is 2.29. The van der Waals surface area contributed by atoms with Crippen LogP contribution in [0.2, 0.25) is 5.15 Å². The third-order valence-corrected chi connectivity index (χ3v) is 3.95. The first-order valence-electron chi connectivity index (χ1n) is 6.78. The molecule has 0 saturated heterocycles. The second-order valence-electron chi connectivity index (χ2n) is 4.71. The molecule has 23 heavy (non-hydrogen) atoms. The van der Waals surface area contributed by atoms with Crippen molar-refractivity contribution in [2.75, 3.05) is 5.32 Å². The summed E-state index contributed by atoms with van der Waals surface area (Å²) in [5, 5.41) is 3.06. The molecule has 0 radical (unpaired) electrons. The van der Waals surface area contributed by atoms with Gasteiger partial charge in [-0.2, -0.15) is 0 Å². The third kappa shape index (κ3) is 3.57. The number of rotatable bonds is 3. The number of hydrogen-bond donors (Lipinski definition) is 1. The molecular weight excluding hydrogens is 378 g/mol. The van der Waals surface area contributed by atoms with Crippen molar-refractivity contribution in [1.82, 2.24) is 9.97 Å². The Morgan fingerprint density at radius 2 is 1.87 bits per heavy atom. The van der Waals surface area contributed by atoms with E-state index in [2.05, 4.69) is 31.2 Å². The molecule has 0 unspecified atom stereocenters. The van der Waals surface area contributed by atoms with Gasteiger partial charge >= 0.3 is 0 Å². The van der Waals surface area contributed by atoms with E-state index in [-0.39, 0.29) is 11.1 Å². The zero-order valence-electron chi connectivity index (χ0n) is 11.8. The first-order valence-corrected chi connectivity index (χ1v) is 7.95.